The lowest BCUT2D eigenvalue weighted by atomic mass is 9.99. The maximum Gasteiger partial charge on any atom is 0.506 e. The minimum Gasteiger partial charge on any atom is -0.493 e. The lowest BCUT2D eigenvalue weighted by molar-refractivity contribution is -0.134. The molecule has 3 aromatic rings. The van der Waals surface area contributed by atoms with Gasteiger partial charge in [0.25, 0.3) is 0 Å². The number of ether oxygens (including phenoxy) is 4. The first-order valence-corrected chi connectivity index (χ1v) is 16.6. The molecule has 16 heteroatoms. The van der Waals surface area contributed by atoms with Crippen LogP contribution in [0.4, 0.5) is 21.0 Å². The molecule has 0 saturated carbocycles. The highest BCUT2D eigenvalue weighted by molar-refractivity contribution is 7.92. The van der Waals surface area contributed by atoms with E-state index in [1.165, 1.54) is 63.3 Å². The molecule has 0 aliphatic carbocycles. The zero-order valence-electron chi connectivity index (χ0n) is 27.5. The van der Waals surface area contributed by atoms with Crippen LogP contribution >= 0.6 is 0 Å². The van der Waals surface area contributed by atoms with Gasteiger partial charge in [-0.2, -0.15) is 0 Å². The van der Waals surface area contributed by atoms with Crippen molar-refractivity contribution in [2.75, 3.05) is 38.5 Å². The number of nitrogens with zero attached hydrogens (tertiary/aromatic N) is 1. The SMILES string of the molecule is COC(=O)Nc1ccc(S(=O)(=O)C(C)C)c([C@@H]2[C@@H](OC(=O)O)CCN2C(=O)[C@@H](Nc2cccc(C(N)=O)c2)c2ccc(OC)c(OC)c2)c1. The van der Waals surface area contributed by atoms with Crippen molar-refractivity contribution in [2.24, 2.45) is 5.73 Å². The third-order valence-electron chi connectivity index (χ3n) is 8.01. The molecule has 1 heterocycles. The van der Waals surface area contributed by atoms with Gasteiger partial charge in [-0.1, -0.05) is 12.1 Å². The molecule has 0 spiro atoms. The molecule has 3 aromatic carbocycles. The number of sulfone groups is 1. The fourth-order valence-corrected chi connectivity index (χ4v) is 6.86. The van der Waals surface area contributed by atoms with Gasteiger partial charge in [-0.15, -0.1) is 0 Å². The van der Waals surface area contributed by atoms with Gasteiger partial charge in [-0.05, 0) is 73.5 Å². The number of hydrogen-bond donors (Lipinski definition) is 4. The second-order valence-electron chi connectivity index (χ2n) is 11.3. The minimum absolute atomic E-state index is 0.0222. The van der Waals surface area contributed by atoms with Crippen molar-refractivity contribution < 1.29 is 51.6 Å². The Kier molecular flexibility index (Phi) is 11.2. The molecule has 15 nitrogen and oxygen atoms in total. The largest absolute Gasteiger partial charge is 0.506 e. The number of carboxylic acid groups (broad SMARTS) is 1. The van der Waals surface area contributed by atoms with Gasteiger partial charge in [0.05, 0.1) is 37.5 Å². The molecular formula is C33H38N4O11S. The molecule has 4 rings (SSSR count). The Hall–Kier alpha value is -5.51. The average molecular weight is 699 g/mol. The maximum atomic E-state index is 14.8. The third-order valence-corrected chi connectivity index (χ3v) is 10.2. The van der Waals surface area contributed by atoms with E-state index in [2.05, 4.69) is 10.6 Å². The molecule has 1 aliphatic rings. The smallest absolute Gasteiger partial charge is 0.493 e. The van der Waals surface area contributed by atoms with Gasteiger partial charge in [0.15, 0.2) is 21.3 Å². The Balaban J connectivity index is 1.92. The van der Waals surface area contributed by atoms with Crippen LogP contribution in [0, 0.1) is 0 Å². The molecule has 1 aliphatic heterocycles. The fraction of sp³-hybridized carbons (Fsp3) is 0.333. The molecule has 0 radical (unpaired) electrons. The monoisotopic (exact) mass is 698 g/mol. The zero-order valence-corrected chi connectivity index (χ0v) is 28.3. The predicted octanol–water partition coefficient (Wildman–Crippen LogP) is 4.35. The molecule has 3 amide bonds. The number of carbonyl (C=O) groups excluding carboxylic acids is 3. The van der Waals surface area contributed by atoms with Crippen LogP contribution in [0.25, 0.3) is 0 Å². The van der Waals surface area contributed by atoms with Crippen LogP contribution in [0.5, 0.6) is 11.5 Å². The van der Waals surface area contributed by atoms with Crippen LogP contribution in [-0.2, 0) is 24.1 Å². The Morgan fingerprint density at radius 1 is 0.939 bits per heavy atom. The van der Waals surface area contributed by atoms with E-state index in [1.54, 1.807) is 30.3 Å². The summed E-state index contributed by atoms with van der Waals surface area (Å²) >= 11 is 0. The fourth-order valence-electron chi connectivity index (χ4n) is 5.59. The predicted molar refractivity (Wildman–Crippen MR) is 178 cm³/mol. The third kappa shape index (κ3) is 7.97. The standard InChI is InChI=1S/C33H38N4O11S/c1-18(2)49(43,44)27-12-10-22(36-32(40)47-5)17-23(27)29-25(48-33(41)42)13-14-37(29)31(39)28(19-9-11-24(45-3)26(16-19)46-4)35-21-8-6-7-20(15-21)30(34)38/h6-12,15-18,25,28-29,35H,13-14H2,1-5H3,(H2,34,38)(H,36,40)(H,41,42)/t25-,28-,29+/m0/s1. The summed E-state index contributed by atoms with van der Waals surface area (Å²) in [7, 11) is 0.0177. The minimum atomic E-state index is -4.02. The van der Waals surface area contributed by atoms with Crippen molar-refractivity contribution in [3.05, 3.63) is 77.4 Å². The second kappa shape index (κ2) is 15.1. The van der Waals surface area contributed by atoms with Crippen LogP contribution in [0.1, 0.15) is 53.8 Å². The van der Waals surface area contributed by atoms with Gasteiger partial charge in [0, 0.05) is 29.9 Å². The van der Waals surface area contributed by atoms with Crippen molar-refractivity contribution in [1.29, 1.82) is 0 Å². The maximum absolute atomic E-state index is 14.8. The van der Waals surface area contributed by atoms with Gasteiger partial charge < -0.3 is 40.0 Å². The van der Waals surface area contributed by atoms with Crippen LogP contribution in [0.2, 0.25) is 0 Å². The number of anilines is 2. The molecular weight excluding hydrogens is 660 g/mol. The summed E-state index contributed by atoms with van der Waals surface area (Å²) in [6.45, 7) is 2.93. The first-order chi connectivity index (χ1) is 23.2. The van der Waals surface area contributed by atoms with E-state index in [0.717, 1.165) is 7.11 Å². The highest BCUT2D eigenvalue weighted by atomic mass is 32.2. The number of benzene rings is 3. The highest BCUT2D eigenvalue weighted by Crippen LogP contribution is 2.42. The molecule has 1 saturated heterocycles. The van der Waals surface area contributed by atoms with E-state index in [9.17, 15) is 32.7 Å². The summed E-state index contributed by atoms with van der Waals surface area (Å²) < 4.78 is 48.1. The molecule has 0 unspecified atom stereocenters. The highest BCUT2D eigenvalue weighted by Gasteiger charge is 2.45. The van der Waals surface area contributed by atoms with E-state index < -0.39 is 57.3 Å². The van der Waals surface area contributed by atoms with E-state index in [-0.39, 0.29) is 34.7 Å². The van der Waals surface area contributed by atoms with Crippen molar-refractivity contribution >= 4 is 45.3 Å². The number of methoxy groups -OCH3 is 3. The number of rotatable bonds is 12. The quantitative estimate of drug-likeness (QED) is 0.194. The lowest BCUT2D eigenvalue weighted by Gasteiger charge is -2.33. The Morgan fingerprint density at radius 2 is 1.65 bits per heavy atom. The van der Waals surface area contributed by atoms with Crippen molar-refractivity contribution in [2.45, 2.75) is 48.6 Å². The van der Waals surface area contributed by atoms with Gasteiger partial charge >= 0.3 is 12.2 Å². The summed E-state index contributed by atoms with van der Waals surface area (Å²) in [6.07, 6.45) is -3.63. The summed E-state index contributed by atoms with van der Waals surface area (Å²) in [6, 6.07) is 12.5. The summed E-state index contributed by atoms with van der Waals surface area (Å²) in [5, 5.41) is 14.4. The van der Waals surface area contributed by atoms with Crippen LogP contribution < -0.4 is 25.8 Å². The molecule has 0 aromatic heterocycles. The number of primary amides is 1. The number of hydrogen-bond acceptors (Lipinski definition) is 11. The summed E-state index contributed by atoms with van der Waals surface area (Å²) in [5.41, 5.74) is 6.58. The topological polar surface area (TPSA) is 213 Å². The van der Waals surface area contributed by atoms with Crippen LogP contribution in [0.3, 0.4) is 0 Å². The van der Waals surface area contributed by atoms with Crippen molar-refractivity contribution in [3.63, 3.8) is 0 Å². The van der Waals surface area contributed by atoms with Crippen molar-refractivity contribution in [3.8, 4) is 11.5 Å². The zero-order chi connectivity index (χ0) is 36.0. The average Bonchev–Trinajstić information content (AvgIpc) is 3.48. The van der Waals surface area contributed by atoms with Gasteiger partial charge in [0.2, 0.25) is 11.8 Å². The second-order valence-corrected chi connectivity index (χ2v) is 13.8. The molecule has 49 heavy (non-hydrogen) atoms. The molecule has 1 fully saturated rings. The molecule has 0 bridgehead atoms. The molecule has 5 N–H and O–H groups in total. The molecule has 262 valence electrons. The van der Waals surface area contributed by atoms with E-state index >= 15 is 0 Å². The van der Waals surface area contributed by atoms with Crippen molar-refractivity contribution in [1.82, 2.24) is 4.90 Å². The van der Waals surface area contributed by atoms with Crippen LogP contribution in [-0.4, -0.2) is 81.7 Å². The van der Waals surface area contributed by atoms with Gasteiger partial charge in [0.1, 0.15) is 12.1 Å². The normalized spacial score (nSPS) is 16.4. The first-order valence-electron chi connectivity index (χ1n) is 15.0. The number of likely N-dealkylation sites (tertiary alicyclic amines) is 1. The van der Waals surface area contributed by atoms with Gasteiger partial charge in [-0.3, -0.25) is 14.9 Å². The van der Waals surface area contributed by atoms with E-state index in [0.29, 0.717) is 22.7 Å². The van der Waals surface area contributed by atoms with E-state index in [1.807, 2.05) is 0 Å². The number of nitrogens with two attached hydrogens (primary N) is 1. The van der Waals surface area contributed by atoms with E-state index in [4.69, 9.17) is 24.7 Å². The molecule has 3 atom stereocenters. The summed E-state index contributed by atoms with van der Waals surface area (Å²) in [5.74, 6) is -0.592. The lowest BCUT2D eigenvalue weighted by Crippen LogP contribution is -2.40. The van der Waals surface area contributed by atoms with Crippen LogP contribution in [0.15, 0.2) is 65.6 Å². The Morgan fingerprint density at radius 3 is 2.27 bits per heavy atom. The first kappa shape index (κ1) is 36.3. The number of nitrogens with one attached hydrogen (secondary N) is 2. The Bertz CT molecular complexity index is 1850. The number of amides is 3. The summed E-state index contributed by atoms with van der Waals surface area (Å²) in [4.78, 5) is 51.9. The Labute approximate surface area is 283 Å². The number of carbonyl (C=O) groups is 4. The van der Waals surface area contributed by atoms with Gasteiger partial charge in [-0.25, -0.2) is 18.0 Å².